The Kier molecular flexibility index (Phi) is 4.59. The van der Waals surface area contributed by atoms with Gasteiger partial charge in [-0.1, -0.05) is 0 Å². The van der Waals surface area contributed by atoms with E-state index in [1.807, 2.05) is 0 Å². The predicted molar refractivity (Wildman–Crippen MR) is 60.3 cm³/mol. The van der Waals surface area contributed by atoms with Crippen LogP contribution in [0.3, 0.4) is 0 Å². The summed E-state index contributed by atoms with van der Waals surface area (Å²) in [4.78, 5) is 22.0. The minimum atomic E-state index is -1.18. The third kappa shape index (κ3) is 3.84. The van der Waals surface area contributed by atoms with Crippen molar-refractivity contribution in [1.29, 1.82) is 0 Å². The zero-order valence-electron chi connectivity index (χ0n) is 9.07. The Balaban J connectivity index is 2.79. The van der Waals surface area contributed by atoms with Crippen LogP contribution in [0.25, 0.3) is 0 Å². The number of carboxylic acid groups (broad SMARTS) is 1. The van der Waals surface area contributed by atoms with E-state index in [0.717, 1.165) is 18.2 Å². The minimum Gasteiger partial charge on any atom is -0.478 e. The van der Waals surface area contributed by atoms with Crippen molar-refractivity contribution in [2.24, 2.45) is 5.73 Å². The van der Waals surface area contributed by atoms with Crippen molar-refractivity contribution in [3.05, 3.63) is 29.6 Å². The van der Waals surface area contributed by atoms with Crippen molar-refractivity contribution in [3.63, 3.8) is 0 Å². The lowest BCUT2D eigenvalue weighted by atomic mass is 10.2. The Morgan fingerprint density at radius 3 is 2.71 bits per heavy atom. The predicted octanol–water partition coefficient (Wildman–Crippen LogP) is 1.20. The first-order chi connectivity index (χ1) is 8.04. The van der Waals surface area contributed by atoms with E-state index in [4.69, 9.17) is 10.8 Å². The second-order valence-electron chi connectivity index (χ2n) is 3.44. The molecule has 5 nitrogen and oxygen atoms in total. The summed E-state index contributed by atoms with van der Waals surface area (Å²) in [6.07, 6.45) is 0.666. The van der Waals surface area contributed by atoms with Gasteiger partial charge in [0.05, 0.1) is 11.3 Å². The third-order valence-electron chi connectivity index (χ3n) is 2.10. The maximum absolute atomic E-state index is 13.3. The first kappa shape index (κ1) is 13.1. The van der Waals surface area contributed by atoms with Crippen LogP contribution >= 0.6 is 0 Å². The molecule has 0 heterocycles. The van der Waals surface area contributed by atoms with Crippen molar-refractivity contribution in [2.45, 2.75) is 12.8 Å². The van der Waals surface area contributed by atoms with Crippen molar-refractivity contribution in [3.8, 4) is 0 Å². The summed E-state index contributed by atoms with van der Waals surface area (Å²) < 4.78 is 13.3. The molecule has 4 N–H and O–H groups in total. The summed E-state index contributed by atoms with van der Waals surface area (Å²) >= 11 is 0. The van der Waals surface area contributed by atoms with E-state index in [1.54, 1.807) is 0 Å². The van der Waals surface area contributed by atoms with Crippen molar-refractivity contribution >= 4 is 17.6 Å². The fourth-order valence-corrected chi connectivity index (χ4v) is 1.23. The van der Waals surface area contributed by atoms with Crippen LogP contribution in [0.1, 0.15) is 23.2 Å². The standard InChI is InChI=1S/C11H13FN2O3/c12-8-4-3-7(11(16)17)6-9(8)14-10(15)2-1-5-13/h3-4,6H,1-2,5,13H2,(H,14,15)(H,16,17). The highest BCUT2D eigenvalue weighted by atomic mass is 19.1. The third-order valence-corrected chi connectivity index (χ3v) is 2.10. The number of nitrogens with one attached hydrogen (secondary N) is 1. The molecule has 1 amide bonds. The average molecular weight is 240 g/mol. The average Bonchev–Trinajstić information content (AvgIpc) is 2.29. The second kappa shape index (κ2) is 5.95. The molecule has 0 saturated carbocycles. The summed E-state index contributed by atoms with van der Waals surface area (Å²) in [6.45, 7) is 0.366. The highest BCUT2D eigenvalue weighted by Gasteiger charge is 2.10. The number of carboxylic acids is 1. The molecule has 0 atom stereocenters. The normalized spacial score (nSPS) is 10.0. The van der Waals surface area contributed by atoms with Gasteiger partial charge in [0.25, 0.3) is 0 Å². The van der Waals surface area contributed by atoms with Crippen LogP contribution in [-0.2, 0) is 4.79 Å². The van der Waals surface area contributed by atoms with E-state index in [0.29, 0.717) is 13.0 Å². The number of aromatic carboxylic acids is 1. The maximum atomic E-state index is 13.3. The van der Waals surface area contributed by atoms with Crippen LogP contribution in [-0.4, -0.2) is 23.5 Å². The van der Waals surface area contributed by atoms with Gasteiger partial charge in [0.15, 0.2) is 0 Å². The molecule has 0 aliphatic carbocycles. The molecule has 17 heavy (non-hydrogen) atoms. The van der Waals surface area contributed by atoms with Crippen LogP contribution in [0.2, 0.25) is 0 Å². The molecule has 0 aromatic heterocycles. The highest BCUT2D eigenvalue weighted by molar-refractivity contribution is 5.94. The lowest BCUT2D eigenvalue weighted by Gasteiger charge is -2.06. The van der Waals surface area contributed by atoms with E-state index < -0.39 is 17.7 Å². The SMILES string of the molecule is NCCCC(=O)Nc1cc(C(=O)O)ccc1F. The first-order valence-electron chi connectivity index (χ1n) is 5.07. The van der Waals surface area contributed by atoms with Gasteiger partial charge in [-0.05, 0) is 31.2 Å². The van der Waals surface area contributed by atoms with E-state index in [1.165, 1.54) is 0 Å². The topological polar surface area (TPSA) is 92.4 Å². The summed E-state index contributed by atoms with van der Waals surface area (Å²) in [5.74, 6) is -2.24. The van der Waals surface area contributed by atoms with Crippen LogP contribution in [0.15, 0.2) is 18.2 Å². The molecular formula is C11H13FN2O3. The van der Waals surface area contributed by atoms with E-state index in [9.17, 15) is 14.0 Å². The molecule has 0 radical (unpaired) electrons. The van der Waals surface area contributed by atoms with Gasteiger partial charge >= 0.3 is 5.97 Å². The summed E-state index contributed by atoms with van der Waals surface area (Å²) in [5.41, 5.74) is 5.02. The summed E-state index contributed by atoms with van der Waals surface area (Å²) in [7, 11) is 0. The van der Waals surface area contributed by atoms with E-state index in [-0.39, 0.29) is 17.7 Å². The fourth-order valence-electron chi connectivity index (χ4n) is 1.23. The fraction of sp³-hybridized carbons (Fsp3) is 0.273. The van der Waals surface area contributed by atoms with Crippen LogP contribution in [0, 0.1) is 5.82 Å². The van der Waals surface area contributed by atoms with Crippen LogP contribution in [0.4, 0.5) is 10.1 Å². The number of nitrogens with two attached hydrogens (primary N) is 1. The first-order valence-corrected chi connectivity index (χ1v) is 5.07. The number of anilines is 1. The molecule has 0 spiro atoms. The largest absolute Gasteiger partial charge is 0.478 e. The number of halogens is 1. The summed E-state index contributed by atoms with van der Waals surface area (Å²) in [6, 6.07) is 3.22. The van der Waals surface area contributed by atoms with Gasteiger partial charge in [-0.15, -0.1) is 0 Å². The number of benzene rings is 1. The molecule has 0 aliphatic heterocycles. The van der Waals surface area contributed by atoms with Crippen molar-refractivity contribution in [1.82, 2.24) is 0 Å². The smallest absolute Gasteiger partial charge is 0.335 e. The molecule has 92 valence electrons. The van der Waals surface area contributed by atoms with Gasteiger partial charge in [0.2, 0.25) is 5.91 Å². The highest BCUT2D eigenvalue weighted by Crippen LogP contribution is 2.16. The Hall–Kier alpha value is -1.95. The van der Waals surface area contributed by atoms with E-state index >= 15 is 0 Å². The number of carbonyl (C=O) groups excluding carboxylic acids is 1. The number of hydrogen-bond acceptors (Lipinski definition) is 3. The lowest BCUT2D eigenvalue weighted by Crippen LogP contribution is -2.14. The van der Waals surface area contributed by atoms with Crippen LogP contribution < -0.4 is 11.1 Å². The van der Waals surface area contributed by atoms with Gasteiger partial charge in [0.1, 0.15) is 5.82 Å². The second-order valence-corrected chi connectivity index (χ2v) is 3.44. The van der Waals surface area contributed by atoms with Crippen molar-refractivity contribution in [2.75, 3.05) is 11.9 Å². The number of amides is 1. The monoisotopic (exact) mass is 240 g/mol. The quantitative estimate of drug-likeness (QED) is 0.721. The zero-order chi connectivity index (χ0) is 12.8. The zero-order valence-corrected chi connectivity index (χ0v) is 9.07. The Morgan fingerprint density at radius 1 is 1.41 bits per heavy atom. The molecule has 0 bridgehead atoms. The van der Waals surface area contributed by atoms with Gasteiger partial charge in [0, 0.05) is 6.42 Å². The van der Waals surface area contributed by atoms with Gasteiger partial charge < -0.3 is 16.2 Å². The molecule has 0 fully saturated rings. The lowest BCUT2D eigenvalue weighted by molar-refractivity contribution is -0.116. The number of carbonyl (C=O) groups is 2. The molecule has 6 heteroatoms. The Morgan fingerprint density at radius 2 is 2.12 bits per heavy atom. The number of rotatable bonds is 5. The molecule has 1 aromatic carbocycles. The van der Waals surface area contributed by atoms with Gasteiger partial charge in [-0.2, -0.15) is 0 Å². The molecule has 1 aromatic rings. The molecule has 1 rings (SSSR count). The molecular weight excluding hydrogens is 227 g/mol. The Bertz CT molecular complexity index is 435. The summed E-state index contributed by atoms with van der Waals surface area (Å²) in [5, 5.41) is 11.0. The minimum absolute atomic E-state index is 0.0828. The van der Waals surface area contributed by atoms with Crippen molar-refractivity contribution < 1.29 is 19.1 Å². The van der Waals surface area contributed by atoms with Gasteiger partial charge in [-0.3, -0.25) is 4.79 Å². The van der Waals surface area contributed by atoms with Gasteiger partial charge in [-0.25, -0.2) is 9.18 Å². The maximum Gasteiger partial charge on any atom is 0.335 e. The molecule has 0 saturated heterocycles. The molecule has 0 unspecified atom stereocenters. The number of hydrogen-bond donors (Lipinski definition) is 3. The van der Waals surface area contributed by atoms with E-state index in [2.05, 4.69) is 5.32 Å². The Labute approximate surface area is 97.4 Å². The molecule has 0 aliphatic rings. The van der Waals surface area contributed by atoms with Crippen LogP contribution in [0.5, 0.6) is 0 Å².